The largest absolute Gasteiger partial charge is 0.463 e. The summed E-state index contributed by atoms with van der Waals surface area (Å²) < 4.78 is 19.0. The zero-order valence-electron chi connectivity index (χ0n) is 14.4. The number of carbonyl (C=O) groups excluding carboxylic acids is 1. The van der Waals surface area contributed by atoms with Crippen molar-refractivity contribution in [2.24, 2.45) is 0 Å². The van der Waals surface area contributed by atoms with E-state index in [1.54, 1.807) is 35.8 Å². The zero-order valence-corrected chi connectivity index (χ0v) is 15.2. The van der Waals surface area contributed by atoms with Gasteiger partial charge in [-0.15, -0.1) is 11.3 Å². The summed E-state index contributed by atoms with van der Waals surface area (Å²) in [5.41, 5.74) is 0.617. The monoisotopic (exact) mass is 373 g/mol. The van der Waals surface area contributed by atoms with Crippen LogP contribution in [0, 0.1) is 5.82 Å². The Bertz CT molecular complexity index is 767. The number of nitrogens with one attached hydrogen (secondary N) is 2. The third kappa shape index (κ3) is 5.54. The Kier molecular flexibility index (Phi) is 6.57. The molecule has 0 aliphatic rings. The molecular formula is C20H22FN2O2S+. The van der Waals surface area contributed by atoms with E-state index in [0.717, 1.165) is 17.2 Å². The van der Waals surface area contributed by atoms with Crippen LogP contribution in [0.1, 0.15) is 16.2 Å². The number of rotatable bonds is 9. The van der Waals surface area contributed by atoms with E-state index < -0.39 is 0 Å². The normalized spacial score (nSPS) is 12.0. The van der Waals surface area contributed by atoms with Crippen LogP contribution in [0.25, 0.3) is 0 Å². The minimum atomic E-state index is -0.232. The van der Waals surface area contributed by atoms with Gasteiger partial charge in [0.1, 0.15) is 18.9 Å². The molecule has 136 valence electrons. The lowest BCUT2D eigenvalue weighted by atomic mass is 10.1. The first-order chi connectivity index (χ1) is 12.7. The average molecular weight is 373 g/mol. The van der Waals surface area contributed by atoms with Crippen LogP contribution in [0.15, 0.2) is 64.6 Å². The second kappa shape index (κ2) is 9.31. The second-order valence-electron chi connectivity index (χ2n) is 6.13. The van der Waals surface area contributed by atoms with Crippen LogP contribution in [0.3, 0.4) is 0 Å². The number of benzene rings is 1. The molecule has 1 amide bonds. The van der Waals surface area contributed by atoms with Crippen LogP contribution in [0.4, 0.5) is 4.39 Å². The van der Waals surface area contributed by atoms with Crippen molar-refractivity contribution in [3.63, 3.8) is 0 Å². The van der Waals surface area contributed by atoms with Crippen molar-refractivity contribution in [3.05, 3.63) is 82.2 Å². The van der Waals surface area contributed by atoms with Crippen LogP contribution in [-0.4, -0.2) is 19.0 Å². The fraction of sp³-hybridized carbons (Fsp3) is 0.250. The molecule has 2 N–H and O–H groups in total. The van der Waals surface area contributed by atoms with E-state index in [-0.39, 0.29) is 11.7 Å². The van der Waals surface area contributed by atoms with Gasteiger partial charge >= 0.3 is 0 Å². The summed E-state index contributed by atoms with van der Waals surface area (Å²) in [4.78, 5) is 14.7. The quantitative estimate of drug-likeness (QED) is 0.605. The van der Waals surface area contributed by atoms with Crippen molar-refractivity contribution in [1.29, 1.82) is 0 Å². The first kappa shape index (κ1) is 18.4. The van der Waals surface area contributed by atoms with Gasteiger partial charge in [-0.2, -0.15) is 0 Å². The van der Waals surface area contributed by atoms with Crippen LogP contribution < -0.4 is 10.2 Å². The van der Waals surface area contributed by atoms with Crippen molar-refractivity contribution in [2.75, 3.05) is 13.1 Å². The van der Waals surface area contributed by atoms with E-state index in [4.69, 9.17) is 4.42 Å². The molecule has 2 aromatic heterocycles. The molecule has 1 atom stereocenters. The summed E-state index contributed by atoms with van der Waals surface area (Å²) in [6, 6.07) is 14.5. The first-order valence-corrected chi connectivity index (χ1v) is 9.47. The Morgan fingerprint density at radius 1 is 1.12 bits per heavy atom. The topological polar surface area (TPSA) is 46.7 Å². The SMILES string of the molecule is O=C(C[NH+](Cc1ccco1)Cc1cccs1)NCCc1ccccc1F. The molecule has 1 unspecified atom stereocenters. The lowest BCUT2D eigenvalue weighted by Crippen LogP contribution is -3.10. The summed E-state index contributed by atoms with van der Waals surface area (Å²) in [7, 11) is 0. The van der Waals surface area contributed by atoms with Gasteiger partial charge in [-0.3, -0.25) is 4.79 Å². The van der Waals surface area contributed by atoms with Gasteiger partial charge in [0.15, 0.2) is 12.3 Å². The number of furan rings is 1. The number of halogens is 1. The van der Waals surface area contributed by atoms with Crippen molar-refractivity contribution in [3.8, 4) is 0 Å². The second-order valence-corrected chi connectivity index (χ2v) is 7.16. The van der Waals surface area contributed by atoms with Gasteiger partial charge in [0.2, 0.25) is 0 Å². The van der Waals surface area contributed by atoms with Crippen LogP contribution >= 0.6 is 11.3 Å². The Morgan fingerprint density at radius 3 is 2.73 bits per heavy atom. The average Bonchev–Trinajstić information content (AvgIpc) is 3.30. The first-order valence-electron chi connectivity index (χ1n) is 8.59. The molecule has 4 nitrogen and oxygen atoms in total. The molecule has 0 saturated carbocycles. The molecule has 6 heteroatoms. The number of hydrogen-bond acceptors (Lipinski definition) is 3. The van der Waals surface area contributed by atoms with Gasteiger partial charge in [0.25, 0.3) is 5.91 Å². The fourth-order valence-corrected chi connectivity index (χ4v) is 3.61. The predicted molar refractivity (Wildman–Crippen MR) is 99.4 cm³/mol. The fourth-order valence-electron chi connectivity index (χ4n) is 2.83. The lowest BCUT2D eigenvalue weighted by Gasteiger charge is -2.17. The Hall–Kier alpha value is -2.44. The smallest absolute Gasteiger partial charge is 0.275 e. The Balaban J connectivity index is 1.51. The molecule has 0 aliphatic carbocycles. The van der Waals surface area contributed by atoms with Crippen molar-refractivity contribution < 1.29 is 18.5 Å². The molecular weight excluding hydrogens is 351 g/mol. The summed E-state index contributed by atoms with van der Waals surface area (Å²) in [5, 5.41) is 4.93. The number of hydrogen-bond donors (Lipinski definition) is 2. The maximum absolute atomic E-state index is 13.6. The molecule has 26 heavy (non-hydrogen) atoms. The number of quaternary nitrogens is 1. The van der Waals surface area contributed by atoms with Gasteiger partial charge in [0.05, 0.1) is 11.1 Å². The standard InChI is InChI=1S/C20H21FN2O2S/c21-19-8-2-1-5-16(19)9-10-22-20(24)15-23(13-17-6-3-11-25-17)14-18-7-4-12-26-18/h1-8,11-12H,9-10,13-15H2,(H,22,24)/p+1. The Morgan fingerprint density at radius 2 is 2.00 bits per heavy atom. The molecule has 3 rings (SSSR count). The Labute approximate surface area is 156 Å². The molecule has 0 bridgehead atoms. The highest BCUT2D eigenvalue weighted by Gasteiger charge is 2.17. The summed E-state index contributed by atoms with van der Waals surface area (Å²) in [6.45, 7) is 2.17. The van der Waals surface area contributed by atoms with Gasteiger partial charge < -0.3 is 14.6 Å². The van der Waals surface area contributed by atoms with E-state index in [2.05, 4.69) is 11.4 Å². The summed E-state index contributed by atoms with van der Waals surface area (Å²) in [6.07, 6.45) is 2.13. The van der Waals surface area contributed by atoms with E-state index in [0.29, 0.717) is 31.6 Å². The lowest BCUT2D eigenvalue weighted by molar-refractivity contribution is -0.920. The highest BCUT2D eigenvalue weighted by atomic mass is 32.1. The highest BCUT2D eigenvalue weighted by molar-refractivity contribution is 7.09. The van der Waals surface area contributed by atoms with Crippen molar-refractivity contribution in [2.45, 2.75) is 19.5 Å². The van der Waals surface area contributed by atoms with Crippen LogP contribution in [0.5, 0.6) is 0 Å². The van der Waals surface area contributed by atoms with Gasteiger partial charge in [0, 0.05) is 6.54 Å². The van der Waals surface area contributed by atoms with Gasteiger partial charge in [-0.1, -0.05) is 24.3 Å². The van der Waals surface area contributed by atoms with E-state index in [1.807, 2.05) is 23.6 Å². The number of thiophene rings is 1. The molecule has 3 aromatic rings. The third-order valence-corrected chi connectivity index (χ3v) is 4.97. The maximum Gasteiger partial charge on any atom is 0.275 e. The molecule has 1 aromatic carbocycles. The minimum absolute atomic E-state index is 0.0422. The maximum atomic E-state index is 13.6. The summed E-state index contributed by atoms with van der Waals surface area (Å²) >= 11 is 1.68. The van der Waals surface area contributed by atoms with E-state index >= 15 is 0 Å². The van der Waals surface area contributed by atoms with E-state index in [9.17, 15) is 9.18 Å². The summed E-state index contributed by atoms with van der Waals surface area (Å²) in [5.74, 6) is 0.583. The van der Waals surface area contributed by atoms with Gasteiger partial charge in [-0.25, -0.2) is 4.39 Å². The molecule has 0 spiro atoms. The molecule has 0 fully saturated rings. The van der Waals surface area contributed by atoms with Crippen LogP contribution in [-0.2, 0) is 24.3 Å². The third-order valence-electron chi connectivity index (χ3n) is 4.09. The van der Waals surface area contributed by atoms with Crippen molar-refractivity contribution in [1.82, 2.24) is 5.32 Å². The molecule has 0 radical (unpaired) electrons. The number of amides is 1. The zero-order chi connectivity index (χ0) is 18.2. The van der Waals surface area contributed by atoms with E-state index in [1.165, 1.54) is 10.9 Å². The molecule has 0 saturated heterocycles. The van der Waals surface area contributed by atoms with Gasteiger partial charge in [-0.05, 0) is 41.6 Å². The highest BCUT2D eigenvalue weighted by Crippen LogP contribution is 2.07. The predicted octanol–water partition coefficient (Wildman–Crippen LogP) is 2.42. The minimum Gasteiger partial charge on any atom is -0.463 e. The molecule has 0 aliphatic heterocycles. The van der Waals surface area contributed by atoms with Crippen molar-refractivity contribution >= 4 is 17.2 Å². The molecule has 2 heterocycles. The van der Waals surface area contributed by atoms with Crippen LogP contribution in [0.2, 0.25) is 0 Å². The number of carbonyl (C=O) groups is 1.